The van der Waals surface area contributed by atoms with Gasteiger partial charge in [-0.05, 0) is 43.3 Å². The van der Waals surface area contributed by atoms with Gasteiger partial charge in [-0.25, -0.2) is 14.6 Å². The fraction of sp³-hybridized carbons (Fsp3) is 0.136. The molecule has 2 aromatic heterocycles. The Morgan fingerprint density at radius 1 is 0.968 bits per heavy atom. The Hall–Kier alpha value is -3.72. The molecule has 4 aromatic rings. The second kappa shape index (κ2) is 8.97. The van der Waals surface area contributed by atoms with Gasteiger partial charge >= 0.3 is 0 Å². The van der Waals surface area contributed by atoms with Gasteiger partial charge in [0.2, 0.25) is 11.8 Å². The molecule has 0 spiro atoms. The first-order chi connectivity index (χ1) is 15.0. The second-order valence-corrected chi connectivity index (χ2v) is 7.87. The van der Waals surface area contributed by atoms with E-state index in [4.69, 9.17) is 0 Å². The van der Waals surface area contributed by atoms with Crippen molar-refractivity contribution in [2.45, 2.75) is 18.9 Å². The fourth-order valence-electron chi connectivity index (χ4n) is 2.98. The fourth-order valence-corrected chi connectivity index (χ4v) is 3.74. The van der Waals surface area contributed by atoms with Crippen molar-refractivity contribution in [3.05, 3.63) is 66.6 Å². The molecule has 156 valence electrons. The summed E-state index contributed by atoms with van der Waals surface area (Å²) in [7, 11) is 0. The Balaban J connectivity index is 1.43. The molecule has 0 aliphatic heterocycles. The van der Waals surface area contributed by atoms with E-state index >= 15 is 0 Å². The van der Waals surface area contributed by atoms with Gasteiger partial charge in [0.25, 0.3) is 0 Å². The van der Waals surface area contributed by atoms with Crippen molar-refractivity contribution >= 4 is 46.0 Å². The Bertz CT molecular complexity index is 1240. The molecule has 0 radical (unpaired) electrons. The maximum absolute atomic E-state index is 12.4. The van der Waals surface area contributed by atoms with Crippen LogP contribution in [-0.4, -0.2) is 37.3 Å². The molecular formula is C22H20N6O2S. The number of rotatable bonds is 6. The van der Waals surface area contributed by atoms with Crippen molar-refractivity contribution in [1.82, 2.24) is 19.7 Å². The van der Waals surface area contributed by atoms with Crippen molar-refractivity contribution in [2.24, 2.45) is 0 Å². The zero-order valence-electron chi connectivity index (χ0n) is 17.0. The first kappa shape index (κ1) is 20.5. The van der Waals surface area contributed by atoms with Crippen LogP contribution >= 0.6 is 11.8 Å². The van der Waals surface area contributed by atoms with Crippen LogP contribution in [0, 0.1) is 6.92 Å². The van der Waals surface area contributed by atoms with Crippen LogP contribution in [-0.2, 0) is 9.59 Å². The van der Waals surface area contributed by atoms with Crippen molar-refractivity contribution in [2.75, 3.05) is 16.4 Å². The van der Waals surface area contributed by atoms with E-state index in [2.05, 4.69) is 25.7 Å². The number of hydrogen-bond donors (Lipinski definition) is 2. The van der Waals surface area contributed by atoms with Crippen molar-refractivity contribution in [3.8, 4) is 5.69 Å². The highest BCUT2D eigenvalue weighted by molar-refractivity contribution is 8.00. The van der Waals surface area contributed by atoms with Gasteiger partial charge in [-0.3, -0.25) is 9.59 Å². The topological polar surface area (TPSA) is 102 Å². The van der Waals surface area contributed by atoms with Gasteiger partial charge < -0.3 is 10.6 Å². The van der Waals surface area contributed by atoms with Gasteiger partial charge in [0, 0.05) is 18.3 Å². The van der Waals surface area contributed by atoms with Gasteiger partial charge in [-0.15, -0.1) is 0 Å². The Kier molecular flexibility index (Phi) is 5.94. The molecular weight excluding hydrogens is 412 g/mol. The summed E-state index contributed by atoms with van der Waals surface area (Å²) in [5.74, 6) is -0.111. The summed E-state index contributed by atoms with van der Waals surface area (Å²) in [4.78, 5) is 32.2. The minimum absolute atomic E-state index is 0.143. The van der Waals surface area contributed by atoms with Crippen molar-refractivity contribution < 1.29 is 9.59 Å². The first-order valence-electron chi connectivity index (χ1n) is 9.56. The lowest BCUT2D eigenvalue weighted by Crippen LogP contribution is -2.14. The quantitative estimate of drug-likeness (QED) is 0.355. The number of benzene rings is 2. The number of nitrogens with zero attached hydrogens (tertiary/aromatic N) is 4. The Morgan fingerprint density at radius 2 is 1.65 bits per heavy atom. The van der Waals surface area contributed by atoms with Gasteiger partial charge in [-0.1, -0.05) is 29.5 Å². The molecule has 0 saturated heterocycles. The van der Waals surface area contributed by atoms with Crippen LogP contribution in [0.15, 0.2) is 66.1 Å². The molecule has 2 amide bonds. The number of carbonyl (C=O) groups excluding carboxylic acids is 2. The molecule has 0 bridgehead atoms. The highest BCUT2D eigenvalue weighted by atomic mass is 32.2. The molecule has 4 rings (SSSR count). The molecule has 31 heavy (non-hydrogen) atoms. The maximum atomic E-state index is 12.4. The van der Waals surface area contributed by atoms with E-state index < -0.39 is 0 Å². The van der Waals surface area contributed by atoms with Crippen LogP contribution in [0.4, 0.5) is 11.4 Å². The number of aryl methyl sites for hydroxylation is 1. The van der Waals surface area contributed by atoms with Gasteiger partial charge in [-0.2, -0.15) is 5.10 Å². The van der Waals surface area contributed by atoms with E-state index in [-0.39, 0.29) is 17.6 Å². The minimum Gasteiger partial charge on any atom is -0.326 e. The number of hydrogen-bond acceptors (Lipinski definition) is 6. The summed E-state index contributed by atoms with van der Waals surface area (Å²) in [6.45, 7) is 3.48. The molecule has 2 heterocycles. The lowest BCUT2D eigenvalue weighted by Gasteiger charge is -2.07. The zero-order chi connectivity index (χ0) is 21.8. The lowest BCUT2D eigenvalue weighted by atomic mass is 10.2. The lowest BCUT2D eigenvalue weighted by molar-refractivity contribution is -0.114. The van der Waals surface area contributed by atoms with Gasteiger partial charge in [0.05, 0.1) is 23.0 Å². The standard InChI is InChI=1S/C22H20N6O2S/c1-14-3-9-18(10-4-14)28-21-19(11-25-28)22(24-13-23-21)31-12-20(30)27-17-7-5-16(6-8-17)26-15(2)29/h3-11,13H,12H2,1-2H3,(H,26,29)(H,27,30). The summed E-state index contributed by atoms with van der Waals surface area (Å²) in [6.07, 6.45) is 3.20. The minimum atomic E-state index is -0.157. The van der Waals surface area contributed by atoms with E-state index in [1.54, 1.807) is 35.1 Å². The number of amides is 2. The highest BCUT2D eigenvalue weighted by Gasteiger charge is 2.13. The summed E-state index contributed by atoms with van der Waals surface area (Å²) >= 11 is 1.33. The van der Waals surface area contributed by atoms with Crippen LogP contribution < -0.4 is 10.6 Å². The third kappa shape index (κ3) is 4.89. The summed E-state index contributed by atoms with van der Waals surface area (Å²) in [6, 6.07) is 15.0. The van der Waals surface area contributed by atoms with E-state index in [1.165, 1.54) is 30.6 Å². The number of aromatic nitrogens is 4. The van der Waals surface area contributed by atoms with E-state index in [1.807, 2.05) is 31.2 Å². The van der Waals surface area contributed by atoms with Crippen LogP contribution in [0.25, 0.3) is 16.7 Å². The second-order valence-electron chi connectivity index (χ2n) is 6.90. The van der Waals surface area contributed by atoms with E-state index in [0.29, 0.717) is 22.0 Å². The van der Waals surface area contributed by atoms with Crippen LogP contribution in [0.2, 0.25) is 0 Å². The highest BCUT2D eigenvalue weighted by Crippen LogP contribution is 2.26. The SMILES string of the molecule is CC(=O)Nc1ccc(NC(=O)CSc2ncnc3c2cnn3-c2ccc(C)cc2)cc1. The maximum Gasteiger partial charge on any atom is 0.234 e. The third-order valence-electron chi connectivity index (χ3n) is 4.44. The largest absolute Gasteiger partial charge is 0.326 e. The summed E-state index contributed by atoms with van der Waals surface area (Å²) in [5, 5.41) is 11.5. The average molecular weight is 433 g/mol. The summed E-state index contributed by atoms with van der Waals surface area (Å²) < 4.78 is 1.76. The van der Waals surface area contributed by atoms with Crippen LogP contribution in [0.3, 0.4) is 0 Å². The first-order valence-corrected chi connectivity index (χ1v) is 10.5. The van der Waals surface area contributed by atoms with Crippen molar-refractivity contribution in [1.29, 1.82) is 0 Å². The molecule has 0 unspecified atom stereocenters. The summed E-state index contributed by atoms with van der Waals surface area (Å²) in [5.41, 5.74) is 4.10. The Morgan fingerprint density at radius 3 is 2.32 bits per heavy atom. The molecule has 0 aliphatic carbocycles. The predicted octanol–water partition coefficient (Wildman–Crippen LogP) is 3.81. The number of thioether (sulfide) groups is 1. The Labute approximate surface area is 183 Å². The monoisotopic (exact) mass is 432 g/mol. The number of anilines is 2. The van der Waals surface area contributed by atoms with Crippen LogP contribution in [0.5, 0.6) is 0 Å². The van der Waals surface area contributed by atoms with Gasteiger partial charge in [0.1, 0.15) is 11.4 Å². The third-order valence-corrected chi connectivity index (χ3v) is 5.44. The molecule has 0 aliphatic rings. The van der Waals surface area contributed by atoms with E-state index in [0.717, 1.165) is 11.1 Å². The predicted molar refractivity (Wildman–Crippen MR) is 121 cm³/mol. The molecule has 0 saturated carbocycles. The molecule has 2 N–H and O–H groups in total. The molecule has 9 heteroatoms. The number of carbonyl (C=O) groups is 2. The smallest absolute Gasteiger partial charge is 0.234 e. The molecule has 0 atom stereocenters. The average Bonchev–Trinajstić information content (AvgIpc) is 3.19. The van der Waals surface area contributed by atoms with E-state index in [9.17, 15) is 9.59 Å². The normalized spacial score (nSPS) is 10.8. The number of nitrogens with one attached hydrogen (secondary N) is 2. The molecule has 8 nitrogen and oxygen atoms in total. The molecule has 0 fully saturated rings. The van der Waals surface area contributed by atoms with Crippen LogP contribution in [0.1, 0.15) is 12.5 Å². The van der Waals surface area contributed by atoms with Gasteiger partial charge in [0.15, 0.2) is 5.65 Å². The van der Waals surface area contributed by atoms with Crippen molar-refractivity contribution in [3.63, 3.8) is 0 Å². The number of fused-ring (bicyclic) bond motifs is 1. The zero-order valence-corrected chi connectivity index (χ0v) is 17.8. The molecule has 2 aromatic carbocycles.